The minimum atomic E-state index is -4.46. The number of halogens is 3. The number of nitrogen functional groups attached to an aromatic ring is 1. The summed E-state index contributed by atoms with van der Waals surface area (Å²) in [7, 11) is 0. The van der Waals surface area contributed by atoms with Crippen LogP contribution in [0.2, 0.25) is 0 Å². The van der Waals surface area contributed by atoms with Crippen LogP contribution in [0.1, 0.15) is 38.7 Å². The van der Waals surface area contributed by atoms with Gasteiger partial charge < -0.3 is 16.0 Å². The fourth-order valence-electron chi connectivity index (χ4n) is 3.18. The largest absolute Gasteiger partial charge is 0.416 e. The lowest BCUT2D eigenvalue weighted by atomic mass is 10.1. The Kier molecular flexibility index (Phi) is 6.00. The van der Waals surface area contributed by atoms with Crippen LogP contribution >= 0.6 is 24.8 Å². The predicted octanol–water partition coefficient (Wildman–Crippen LogP) is 3.53. The first-order chi connectivity index (χ1) is 14.1. The number of anilines is 3. The average molecular weight is 471 g/mol. The average Bonchev–Trinajstić information content (AvgIpc) is 3.31. The second kappa shape index (κ2) is 8.23. The van der Waals surface area contributed by atoms with E-state index in [9.17, 15) is 22.8 Å². The van der Waals surface area contributed by atoms with Crippen molar-refractivity contribution in [1.82, 2.24) is 14.8 Å². The number of fused-ring (bicyclic) bond motifs is 1. The summed E-state index contributed by atoms with van der Waals surface area (Å²) in [5.74, 6) is -0.975. The molecule has 0 spiro atoms. The van der Waals surface area contributed by atoms with Crippen molar-refractivity contribution in [2.24, 2.45) is 0 Å². The topological polar surface area (TPSA) is 106 Å². The summed E-state index contributed by atoms with van der Waals surface area (Å²) in [5, 5.41) is 7.04. The quantitative estimate of drug-likeness (QED) is 0.609. The number of carbonyl (C=O) groups excluding carboxylic acids is 2. The van der Waals surface area contributed by atoms with Gasteiger partial charge in [-0.25, -0.2) is 4.98 Å². The number of carbonyl (C=O) groups is 2. The third-order valence-corrected chi connectivity index (χ3v) is 5.43. The molecule has 8 nitrogen and oxygen atoms in total. The van der Waals surface area contributed by atoms with E-state index in [-0.39, 0.29) is 47.5 Å². The molecule has 4 rings (SSSR count). The third-order valence-electron chi connectivity index (χ3n) is 4.61. The van der Waals surface area contributed by atoms with Gasteiger partial charge in [0.05, 0.1) is 29.7 Å². The minimum absolute atomic E-state index is 0. The molecule has 1 aromatic carbocycles. The first-order valence-electron chi connectivity index (χ1n) is 8.74. The van der Waals surface area contributed by atoms with E-state index in [1.165, 1.54) is 34.1 Å². The molecule has 0 aliphatic carbocycles. The molecule has 1 aliphatic rings. The monoisotopic (exact) mass is 470 g/mol. The number of alkyl halides is 3. The molecule has 164 valence electrons. The van der Waals surface area contributed by atoms with Gasteiger partial charge in [0.1, 0.15) is 4.88 Å². The van der Waals surface area contributed by atoms with E-state index in [1.54, 1.807) is 0 Å². The number of hydrogen-bond donors (Lipinski definition) is 2. The van der Waals surface area contributed by atoms with Gasteiger partial charge in [-0.2, -0.15) is 31.8 Å². The van der Waals surface area contributed by atoms with Crippen LogP contribution in [0, 0.1) is 0 Å². The van der Waals surface area contributed by atoms with E-state index >= 15 is 0 Å². The Morgan fingerprint density at radius 1 is 1.26 bits per heavy atom. The molecule has 1 atom stereocenters. The van der Waals surface area contributed by atoms with Gasteiger partial charge >= 0.3 is 6.18 Å². The highest BCUT2D eigenvalue weighted by atomic mass is 32.1. The molecule has 13 heteroatoms. The van der Waals surface area contributed by atoms with Crippen LogP contribution in [0.4, 0.5) is 29.7 Å². The maximum absolute atomic E-state index is 13.1. The molecule has 0 unspecified atom stereocenters. The highest BCUT2D eigenvalue weighted by molar-refractivity contribution is 7.59. The first kappa shape index (κ1) is 22.6. The fraction of sp³-hybridized carbons (Fsp3) is 0.222. The van der Waals surface area contributed by atoms with Crippen LogP contribution in [0.3, 0.4) is 0 Å². The van der Waals surface area contributed by atoms with Gasteiger partial charge in [0.2, 0.25) is 0 Å². The zero-order valence-electron chi connectivity index (χ0n) is 16.0. The van der Waals surface area contributed by atoms with Crippen LogP contribution in [0.5, 0.6) is 0 Å². The number of nitrogens with two attached hydrogens (primary N) is 1. The summed E-state index contributed by atoms with van der Waals surface area (Å²) in [6.45, 7) is 2.03. The Balaban J connectivity index is 0.00000272. The number of aromatic nitrogens is 3. The highest BCUT2D eigenvalue weighted by Gasteiger charge is 2.35. The normalized spacial score (nSPS) is 15.9. The van der Waals surface area contributed by atoms with Crippen molar-refractivity contribution in [3.05, 3.63) is 52.8 Å². The summed E-state index contributed by atoms with van der Waals surface area (Å²) in [6, 6.07) is 4.09. The molecule has 3 N–H and O–H groups in total. The molecule has 1 aliphatic heterocycles. The Bertz CT molecular complexity index is 1130. The van der Waals surface area contributed by atoms with E-state index in [0.717, 1.165) is 23.5 Å². The van der Waals surface area contributed by atoms with Crippen LogP contribution < -0.4 is 16.0 Å². The van der Waals surface area contributed by atoms with Crippen molar-refractivity contribution in [3.63, 3.8) is 0 Å². The minimum Gasteiger partial charge on any atom is -0.375 e. The van der Waals surface area contributed by atoms with Crippen molar-refractivity contribution >= 4 is 53.2 Å². The van der Waals surface area contributed by atoms with Crippen LogP contribution in [0.25, 0.3) is 0 Å². The van der Waals surface area contributed by atoms with E-state index in [2.05, 4.69) is 15.4 Å². The standard InChI is InChI=1S/C18H15F3N6O2S.H2S/c1-9-8-26(11-4-2-10(3-5-11)18(19,20)21)16(29)14-12(6-24-27(9)14)25-15(28)13-7-23-17(22)30-13;/h2-7,9H,8H2,1H3,(H2,22,23)(H,25,28);1H2/t9-;/m0./s1. The summed E-state index contributed by atoms with van der Waals surface area (Å²) in [4.78, 5) is 31.0. The maximum Gasteiger partial charge on any atom is 0.416 e. The second-order valence-electron chi connectivity index (χ2n) is 6.68. The summed E-state index contributed by atoms with van der Waals surface area (Å²) in [5.41, 5.74) is 5.39. The number of thiazole rings is 1. The van der Waals surface area contributed by atoms with Crippen LogP contribution in [-0.2, 0) is 6.18 Å². The molecule has 0 saturated carbocycles. The van der Waals surface area contributed by atoms with Gasteiger partial charge in [-0.15, -0.1) is 0 Å². The van der Waals surface area contributed by atoms with Crippen LogP contribution in [-0.4, -0.2) is 33.1 Å². The summed E-state index contributed by atoms with van der Waals surface area (Å²) >= 11 is 0.997. The molecule has 0 saturated heterocycles. The molecule has 0 radical (unpaired) electrons. The second-order valence-corrected chi connectivity index (χ2v) is 7.74. The zero-order chi connectivity index (χ0) is 21.6. The lowest BCUT2D eigenvalue weighted by molar-refractivity contribution is -0.137. The molecule has 3 aromatic rings. The van der Waals surface area contributed by atoms with E-state index in [4.69, 9.17) is 5.73 Å². The van der Waals surface area contributed by atoms with Gasteiger partial charge in [-0.1, -0.05) is 11.3 Å². The van der Waals surface area contributed by atoms with Crippen LogP contribution in [0.15, 0.2) is 36.7 Å². The molecule has 31 heavy (non-hydrogen) atoms. The Hall–Kier alpha value is -3.06. The maximum atomic E-state index is 13.1. The Labute approximate surface area is 185 Å². The van der Waals surface area contributed by atoms with Gasteiger partial charge in [-0.05, 0) is 31.2 Å². The van der Waals surface area contributed by atoms with Crippen molar-refractivity contribution in [2.45, 2.75) is 19.1 Å². The molecular formula is C18H17F3N6O2S2. The number of nitrogens with one attached hydrogen (secondary N) is 1. The van der Waals surface area contributed by atoms with Crippen molar-refractivity contribution in [2.75, 3.05) is 22.5 Å². The SMILES string of the molecule is C[C@H]1CN(c2ccc(C(F)(F)F)cc2)C(=O)c2c(NC(=O)c3cnc(N)s3)cnn21.S. The molecule has 2 aromatic heterocycles. The van der Waals surface area contributed by atoms with Gasteiger partial charge in [0.15, 0.2) is 10.8 Å². The Morgan fingerprint density at radius 3 is 2.52 bits per heavy atom. The molecular weight excluding hydrogens is 453 g/mol. The Morgan fingerprint density at radius 2 is 1.94 bits per heavy atom. The number of hydrogen-bond acceptors (Lipinski definition) is 6. The summed E-state index contributed by atoms with van der Waals surface area (Å²) < 4.78 is 40.0. The predicted molar refractivity (Wildman–Crippen MR) is 115 cm³/mol. The first-order valence-corrected chi connectivity index (χ1v) is 9.56. The molecule has 0 fully saturated rings. The number of benzene rings is 1. The molecule has 0 bridgehead atoms. The fourth-order valence-corrected chi connectivity index (χ4v) is 3.76. The summed E-state index contributed by atoms with van der Waals surface area (Å²) in [6.07, 6.45) is -1.78. The van der Waals surface area contributed by atoms with Gasteiger partial charge in [-0.3, -0.25) is 14.3 Å². The molecule has 3 heterocycles. The van der Waals surface area contributed by atoms with Gasteiger partial charge in [0.25, 0.3) is 11.8 Å². The van der Waals surface area contributed by atoms with Gasteiger partial charge in [0, 0.05) is 12.2 Å². The van der Waals surface area contributed by atoms with Crippen molar-refractivity contribution in [1.29, 1.82) is 0 Å². The van der Waals surface area contributed by atoms with E-state index < -0.39 is 23.6 Å². The third kappa shape index (κ3) is 4.23. The highest BCUT2D eigenvalue weighted by Crippen LogP contribution is 2.33. The van der Waals surface area contributed by atoms with Crippen molar-refractivity contribution in [3.8, 4) is 0 Å². The number of nitrogens with zero attached hydrogens (tertiary/aromatic N) is 4. The van der Waals surface area contributed by atoms with E-state index in [1.807, 2.05) is 6.92 Å². The van der Waals surface area contributed by atoms with Crippen molar-refractivity contribution < 1.29 is 22.8 Å². The zero-order valence-corrected chi connectivity index (χ0v) is 17.8. The van der Waals surface area contributed by atoms with E-state index in [0.29, 0.717) is 5.69 Å². The smallest absolute Gasteiger partial charge is 0.375 e. The number of amides is 2. The lowest BCUT2D eigenvalue weighted by Gasteiger charge is -2.32. The lowest BCUT2D eigenvalue weighted by Crippen LogP contribution is -2.43. The molecule has 2 amide bonds. The number of rotatable bonds is 3.